The van der Waals surface area contributed by atoms with Crippen molar-refractivity contribution in [3.8, 4) is 5.75 Å². The summed E-state index contributed by atoms with van der Waals surface area (Å²) in [7, 11) is 0. The van der Waals surface area contributed by atoms with Crippen LogP contribution in [0.1, 0.15) is 16.1 Å². The molecule has 0 aliphatic carbocycles. The van der Waals surface area contributed by atoms with Gasteiger partial charge in [-0.15, -0.1) is 0 Å². The molecule has 0 unspecified atom stereocenters. The van der Waals surface area contributed by atoms with Crippen LogP contribution in [0.15, 0.2) is 41.3 Å². The number of amides is 2. The van der Waals surface area contributed by atoms with E-state index in [-0.39, 0.29) is 25.3 Å². The van der Waals surface area contributed by atoms with Crippen molar-refractivity contribution < 1.29 is 23.8 Å². The number of fused-ring (bicyclic) bond motifs is 1. The number of pyridine rings is 1. The highest BCUT2D eigenvalue weighted by Crippen LogP contribution is 2.29. The largest absolute Gasteiger partial charge is 0.501 e. The van der Waals surface area contributed by atoms with Gasteiger partial charge in [0.2, 0.25) is 5.75 Å². The highest BCUT2D eigenvalue weighted by Gasteiger charge is 2.29. The minimum atomic E-state index is -0.840. The van der Waals surface area contributed by atoms with Gasteiger partial charge >= 0.3 is 11.7 Å². The number of benzene rings is 1. The van der Waals surface area contributed by atoms with Gasteiger partial charge in [-0.3, -0.25) is 18.9 Å². The molecule has 2 aliphatic rings. The molecule has 2 fully saturated rings. The third kappa shape index (κ3) is 4.35. The number of hydrogen-bond donors (Lipinski definition) is 3. The van der Waals surface area contributed by atoms with Gasteiger partial charge in [0.1, 0.15) is 12.4 Å². The monoisotopic (exact) mass is 482 g/mol. The zero-order valence-electron chi connectivity index (χ0n) is 18.7. The average Bonchev–Trinajstić information content (AvgIpc) is 3.31. The number of hydrogen-bond acceptors (Lipinski definition) is 8. The van der Waals surface area contributed by atoms with Gasteiger partial charge in [0.25, 0.3) is 5.91 Å². The number of carbonyl (C=O) groups excluding carboxylic acids is 2. The Morgan fingerprint density at radius 1 is 1.17 bits per heavy atom. The van der Waals surface area contributed by atoms with Gasteiger partial charge in [0.15, 0.2) is 11.3 Å². The quantitative estimate of drug-likeness (QED) is 0.488. The minimum absolute atomic E-state index is 0.0346. The molecule has 0 saturated carbocycles. The topological polar surface area (TPSA) is 129 Å². The summed E-state index contributed by atoms with van der Waals surface area (Å²) < 4.78 is 19.3. The summed E-state index contributed by atoms with van der Waals surface area (Å²) in [5, 5.41) is 16.4. The zero-order valence-corrected chi connectivity index (χ0v) is 18.7. The number of aromatic nitrogens is 2. The molecule has 0 radical (unpaired) electrons. The third-order valence-electron chi connectivity index (χ3n) is 5.98. The van der Waals surface area contributed by atoms with Crippen molar-refractivity contribution in [3.05, 3.63) is 64.0 Å². The van der Waals surface area contributed by atoms with Crippen LogP contribution in [0.25, 0.3) is 5.65 Å². The lowest BCUT2D eigenvalue weighted by atomic mass is 10.2. The van der Waals surface area contributed by atoms with Crippen molar-refractivity contribution in [2.24, 2.45) is 0 Å². The van der Waals surface area contributed by atoms with Gasteiger partial charge in [0, 0.05) is 38.9 Å². The van der Waals surface area contributed by atoms with E-state index in [9.17, 15) is 23.9 Å². The predicted octanol–water partition coefficient (Wildman–Crippen LogP) is 0.835. The molecular weight excluding hydrogens is 459 g/mol. The first-order chi connectivity index (χ1) is 16.9. The summed E-state index contributed by atoms with van der Waals surface area (Å²) in [6, 6.07) is 7.27. The molecule has 4 heterocycles. The van der Waals surface area contributed by atoms with Gasteiger partial charge in [-0.25, -0.2) is 14.2 Å². The number of aromatic hydroxyl groups is 1. The number of nitrogens with zero attached hydrogens (tertiary/aromatic N) is 4. The summed E-state index contributed by atoms with van der Waals surface area (Å²) in [6.07, 6.45) is 0.954. The first-order valence-electron chi connectivity index (χ1n) is 11.1. The van der Waals surface area contributed by atoms with Gasteiger partial charge in [0.05, 0.1) is 17.9 Å². The second-order valence-electron chi connectivity index (χ2n) is 8.20. The maximum absolute atomic E-state index is 13.1. The first kappa shape index (κ1) is 22.6. The Morgan fingerprint density at radius 2 is 1.91 bits per heavy atom. The third-order valence-corrected chi connectivity index (χ3v) is 5.98. The lowest BCUT2D eigenvalue weighted by Crippen LogP contribution is -2.43. The molecular formula is C23H23FN6O5. The van der Waals surface area contributed by atoms with Gasteiger partial charge in [-0.1, -0.05) is 12.1 Å². The maximum Gasteiger partial charge on any atom is 0.414 e. The molecule has 0 bridgehead atoms. The standard InChI is InChI=1S/C23H23FN6O5/c24-15-3-1-14(2-4-15)12-26-21(32)18-19(31)22(33)30-13-16(28-7-5-25-6-8-28)11-17(20(30)27-18)29-9-10-35-23(29)34/h1-4,11,13,25,31H,5-10,12H2,(H,26,32). The molecule has 2 amide bonds. The molecule has 2 aliphatic heterocycles. The zero-order chi connectivity index (χ0) is 24.5. The van der Waals surface area contributed by atoms with Crippen molar-refractivity contribution in [2.75, 3.05) is 49.1 Å². The fourth-order valence-corrected chi connectivity index (χ4v) is 4.13. The molecule has 3 N–H and O–H groups in total. The van der Waals surface area contributed by atoms with E-state index in [1.807, 2.05) is 4.90 Å². The Bertz CT molecular complexity index is 1350. The van der Waals surface area contributed by atoms with E-state index in [2.05, 4.69) is 15.6 Å². The molecule has 0 atom stereocenters. The SMILES string of the molecule is O=C(NCc1ccc(F)cc1)c1nc2c(N3CCOC3=O)cc(N3CCNCC3)cn2c(=O)c1O. The van der Waals surface area contributed by atoms with Crippen LogP contribution in [0.4, 0.5) is 20.6 Å². The van der Waals surface area contributed by atoms with Gasteiger partial charge in [-0.05, 0) is 23.8 Å². The minimum Gasteiger partial charge on any atom is -0.501 e. The summed E-state index contributed by atoms with van der Waals surface area (Å²) >= 11 is 0. The summed E-state index contributed by atoms with van der Waals surface area (Å²) in [5.41, 5.74) is 0.322. The maximum atomic E-state index is 13.1. The van der Waals surface area contributed by atoms with Crippen LogP contribution in [0.2, 0.25) is 0 Å². The molecule has 2 aromatic heterocycles. The Kier molecular flexibility index (Phi) is 5.95. The first-order valence-corrected chi connectivity index (χ1v) is 11.1. The Balaban J connectivity index is 1.56. The van der Waals surface area contributed by atoms with E-state index >= 15 is 0 Å². The highest BCUT2D eigenvalue weighted by molar-refractivity contribution is 5.98. The molecule has 2 saturated heterocycles. The molecule has 12 heteroatoms. The van der Waals surface area contributed by atoms with Crippen LogP contribution < -0.4 is 26.0 Å². The number of anilines is 2. The predicted molar refractivity (Wildman–Crippen MR) is 124 cm³/mol. The number of carbonyl (C=O) groups is 2. The normalized spacial score (nSPS) is 16.0. The van der Waals surface area contributed by atoms with E-state index in [0.29, 0.717) is 30.0 Å². The molecule has 0 spiro atoms. The van der Waals surface area contributed by atoms with Gasteiger partial charge in [-0.2, -0.15) is 0 Å². The Morgan fingerprint density at radius 3 is 2.60 bits per heavy atom. The highest BCUT2D eigenvalue weighted by atomic mass is 19.1. The van der Waals surface area contributed by atoms with Crippen LogP contribution in [0.3, 0.4) is 0 Å². The number of rotatable bonds is 5. The molecule has 3 aromatic rings. The Hall–Kier alpha value is -4.19. The number of cyclic esters (lactones) is 1. The van der Waals surface area contributed by atoms with Crippen molar-refractivity contribution in [1.82, 2.24) is 20.0 Å². The van der Waals surface area contributed by atoms with Crippen molar-refractivity contribution in [3.63, 3.8) is 0 Å². The van der Waals surface area contributed by atoms with E-state index < -0.39 is 34.8 Å². The lowest BCUT2D eigenvalue weighted by molar-refractivity contribution is 0.0942. The second-order valence-corrected chi connectivity index (χ2v) is 8.20. The number of nitrogens with one attached hydrogen (secondary N) is 2. The fourth-order valence-electron chi connectivity index (χ4n) is 4.13. The van der Waals surface area contributed by atoms with Crippen LogP contribution in [-0.2, 0) is 11.3 Å². The van der Waals surface area contributed by atoms with E-state index in [1.54, 1.807) is 12.3 Å². The molecule has 5 rings (SSSR count). The molecule has 1 aromatic carbocycles. The Labute approximate surface area is 198 Å². The van der Waals surface area contributed by atoms with Gasteiger partial charge < -0.3 is 25.4 Å². The number of ether oxygens (including phenoxy) is 1. The smallest absolute Gasteiger partial charge is 0.414 e. The molecule has 11 nitrogen and oxygen atoms in total. The molecule has 182 valence electrons. The van der Waals surface area contributed by atoms with Crippen LogP contribution >= 0.6 is 0 Å². The average molecular weight is 482 g/mol. The summed E-state index contributed by atoms with van der Waals surface area (Å²) in [6.45, 7) is 3.35. The summed E-state index contributed by atoms with van der Waals surface area (Å²) in [4.78, 5) is 46.0. The van der Waals surface area contributed by atoms with Crippen molar-refractivity contribution >= 4 is 29.0 Å². The van der Waals surface area contributed by atoms with Crippen LogP contribution in [0.5, 0.6) is 5.75 Å². The van der Waals surface area contributed by atoms with E-state index in [1.165, 1.54) is 29.2 Å². The van der Waals surface area contributed by atoms with E-state index in [0.717, 1.165) is 17.5 Å². The lowest BCUT2D eigenvalue weighted by Gasteiger charge is -2.30. The molecule has 35 heavy (non-hydrogen) atoms. The summed E-state index contributed by atoms with van der Waals surface area (Å²) in [5.74, 6) is -2.01. The van der Waals surface area contributed by atoms with E-state index in [4.69, 9.17) is 4.74 Å². The van der Waals surface area contributed by atoms with Crippen LogP contribution in [-0.4, -0.2) is 65.8 Å². The number of piperazine rings is 1. The van der Waals surface area contributed by atoms with Crippen LogP contribution in [0, 0.1) is 5.82 Å². The van der Waals surface area contributed by atoms with Crippen molar-refractivity contribution in [1.29, 1.82) is 0 Å². The number of halogens is 1. The van der Waals surface area contributed by atoms with Crippen molar-refractivity contribution in [2.45, 2.75) is 6.54 Å². The second kappa shape index (κ2) is 9.22. The fraction of sp³-hybridized carbons (Fsp3) is 0.304.